The van der Waals surface area contributed by atoms with Crippen molar-refractivity contribution in [2.75, 3.05) is 18.5 Å². The number of fused-ring (bicyclic) bond motifs is 5. The number of para-hydroxylation sites is 1. The predicted octanol–water partition coefficient (Wildman–Crippen LogP) is 1.85. The molecule has 1 aromatic rings. The lowest BCUT2D eigenvalue weighted by molar-refractivity contribution is -0.140. The highest BCUT2D eigenvalue weighted by molar-refractivity contribution is 6.06. The van der Waals surface area contributed by atoms with E-state index in [0.717, 1.165) is 12.1 Å². The fourth-order valence-electron chi connectivity index (χ4n) is 4.36. The van der Waals surface area contributed by atoms with Gasteiger partial charge in [0.25, 0.3) is 0 Å². The van der Waals surface area contributed by atoms with E-state index in [4.69, 9.17) is 0 Å². The Kier molecular flexibility index (Phi) is 3.52. The summed E-state index contributed by atoms with van der Waals surface area (Å²) < 4.78 is 0. The Morgan fingerprint density at radius 1 is 1.08 bits per heavy atom. The van der Waals surface area contributed by atoms with Gasteiger partial charge in [-0.1, -0.05) is 30.4 Å². The number of rotatable bonds is 4. The topological polar surface area (TPSA) is 57.7 Å². The van der Waals surface area contributed by atoms with Crippen LogP contribution in [0.4, 0.5) is 5.69 Å². The maximum absolute atomic E-state index is 12.6. The summed E-state index contributed by atoms with van der Waals surface area (Å²) in [5.74, 6) is -0.216. The molecular formula is C19H20N2O3. The van der Waals surface area contributed by atoms with E-state index in [9.17, 15) is 14.4 Å². The molecule has 5 heteroatoms. The summed E-state index contributed by atoms with van der Waals surface area (Å²) in [6.45, 7) is 0.181. The third-order valence-corrected chi connectivity index (χ3v) is 5.63. The second-order valence-electron chi connectivity index (χ2n) is 6.87. The van der Waals surface area contributed by atoms with Crippen LogP contribution in [-0.4, -0.2) is 36.2 Å². The largest absolute Gasteiger partial charge is 0.315 e. The molecule has 0 unspecified atom stereocenters. The van der Waals surface area contributed by atoms with Crippen LogP contribution >= 0.6 is 0 Å². The molecule has 1 heterocycles. The Morgan fingerprint density at radius 3 is 2.25 bits per heavy atom. The van der Waals surface area contributed by atoms with E-state index in [0.29, 0.717) is 0 Å². The quantitative estimate of drug-likeness (QED) is 0.627. The molecule has 24 heavy (non-hydrogen) atoms. The van der Waals surface area contributed by atoms with Crippen molar-refractivity contribution in [3.8, 4) is 0 Å². The number of nitrogens with zero attached hydrogens (tertiary/aromatic N) is 2. The lowest BCUT2D eigenvalue weighted by Crippen LogP contribution is -2.37. The van der Waals surface area contributed by atoms with Gasteiger partial charge in [-0.05, 0) is 30.4 Å². The summed E-state index contributed by atoms with van der Waals surface area (Å²) in [5.41, 5.74) is 0.806. The van der Waals surface area contributed by atoms with Gasteiger partial charge in [-0.15, -0.1) is 0 Å². The zero-order valence-electron chi connectivity index (χ0n) is 13.6. The van der Waals surface area contributed by atoms with Gasteiger partial charge in [-0.25, -0.2) is 0 Å². The second-order valence-corrected chi connectivity index (χ2v) is 6.87. The fraction of sp³-hybridized carbons (Fsp3) is 0.421. The number of carbonyl (C=O) groups is 3. The van der Waals surface area contributed by atoms with E-state index in [1.807, 2.05) is 30.3 Å². The third kappa shape index (κ3) is 2.19. The van der Waals surface area contributed by atoms with Crippen LogP contribution in [0.1, 0.15) is 12.8 Å². The molecule has 0 aromatic heterocycles. The average Bonchev–Trinajstić information content (AvgIpc) is 3.28. The predicted molar refractivity (Wildman–Crippen MR) is 88.9 cm³/mol. The Bertz CT molecular complexity index is 697. The molecule has 4 atom stereocenters. The number of imide groups is 1. The average molecular weight is 324 g/mol. The van der Waals surface area contributed by atoms with Gasteiger partial charge in [0.15, 0.2) is 0 Å². The summed E-state index contributed by atoms with van der Waals surface area (Å²) in [6.07, 6.45) is 5.24. The van der Waals surface area contributed by atoms with Gasteiger partial charge >= 0.3 is 0 Å². The van der Waals surface area contributed by atoms with Gasteiger partial charge in [0.1, 0.15) is 0 Å². The van der Waals surface area contributed by atoms with Crippen LogP contribution in [0.25, 0.3) is 0 Å². The molecule has 2 fully saturated rings. The van der Waals surface area contributed by atoms with Crippen molar-refractivity contribution in [1.82, 2.24) is 4.90 Å². The molecule has 4 rings (SSSR count). The zero-order valence-corrected chi connectivity index (χ0v) is 13.6. The van der Waals surface area contributed by atoms with Gasteiger partial charge in [-0.2, -0.15) is 0 Å². The minimum Gasteiger partial charge on any atom is -0.315 e. The van der Waals surface area contributed by atoms with Crippen LogP contribution in [0.3, 0.4) is 0 Å². The maximum atomic E-state index is 12.6. The fourth-order valence-corrected chi connectivity index (χ4v) is 4.36. The van der Waals surface area contributed by atoms with Gasteiger partial charge in [0.05, 0.1) is 11.8 Å². The highest BCUT2D eigenvalue weighted by Gasteiger charge is 2.59. The Morgan fingerprint density at radius 2 is 1.67 bits per heavy atom. The molecule has 1 saturated carbocycles. The SMILES string of the molecule is CN(C(=O)CCN1C(=O)[C@H]2[C@H](C1=O)[C@H]1C=C[C@@H]2C1)c1ccccc1. The number of likely N-dealkylation sites (tertiary alicyclic amines) is 1. The van der Waals surface area contributed by atoms with Crippen molar-refractivity contribution in [2.24, 2.45) is 23.7 Å². The van der Waals surface area contributed by atoms with Crippen LogP contribution in [0, 0.1) is 23.7 Å². The van der Waals surface area contributed by atoms with E-state index in [-0.39, 0.29) is 54.4 Å². The molecule has 0 N–H and O–H groups in total. The second kappa shape index (κ2) is 5.58. The standard InChI is InChI=1S/C19H20N2O3/c1-20(14-5-3-2-4-6-14)15(22)9-10-21-18(23)16-12-7-8-13(11-12)17(16)19(21)24/h2-8,12-13,16-17H,9-11H2,1H3/t12-,13+,16-,17-/m1/s1. The van der Waals surface area contributed by atoms with Gasteiger partial charge in [-0.3, -0.25) is 19.3 Å². The molecule has 2 bridgehead atoms. The van der Waals surface area contributed by atoms with Crippen LogP contribution in [-0.2, 0) is 14.4 Å². The van der Waals surface area contributed by atoms with Crippen molar-refractivity contribution in [1.29, 1.82) is 0 Å². The first kappa shape index (κ1) is 15.1. The number of carbonyl (C=O) groups excluding carboxylic acids is 3. The lowest BCUT2D eigenvalue weighted by atomic mass is 9.85. The molecular weight excluding hydrogens is 304 g/mol. The molecule has 0 spiro atoms. The zero-order chi connectivity index (χ0) is 16.8. The van der Waals surface area contributed by atoms with Crippen LogP contribution < -0.4 is 4.90 Å². The summed E-state index contributed by atoms with van der Waals surface area (Å²) in [6, 6.07) is 9.35. The molecule has 124 valence electrons. The van der Waals surface area contributed by atoms with E-state index in [2.05, 4.69) is 12.2 Å². The van der Waals surface area contributed by atoms with Crippen molar-refractivity contribution in [2.45, 2.75) is 12.8 Å². The number of anilines is 1. The number of amides is 3. The number of benzene rings is 1. The molecule has 1 aliphatic heterocycles. The summed E-state index contributed by atoms with van der Waals surface area (Å²) >= 11 is 0. The number of allylic oxidation sites excluding steroid dienone is 2. The highest BCUT2D eigenvalue weighted by Crippen LogP contribution is 2.52. The smallest absolute Gasteiger partial charge is 0.233 e. The van der Waals surface area contributed by atoms with Crippen molar-refractivity contribution in [3.05, 3.63) is 42.5 Å². The monoisotopic (exact) mass is 324 g/mol. The number of hydrogen-bond acceptors (Lipinski definition) is 3. The van der Waals surface area contributed by atoms with Gasteiger partial charge in [0, 0.05) is 25.7 Å². The van der Waals surface area contributed by atoms with Gasteiger partial charge in [0.2, 0.25) is 17.7 Å². The summed E-state index contributed by atoms with van der Waals surface area (Å²) in [7, 11) is 1.71. The van der Waals surface area contributed by atoms with E-state index in [1.54, 1.807) is 11.9 Å². The highest BCUT2D eigenvalue weighted by atomic mass is 16.2. The Balaban J connectivity index is 1.41. The summed E-state index contributed by atoms with van der Waals surface area (Å²) in [4.78, 5) is 40.4. The molecule has 3 aliphatic rings. The molecule has 1 saturated heterocycles. The summed E-state index contributed by atoms with van der Waals surface area (Å²) in [5, 5.41) is 0. The molecule has 0 radical (unpaired) electrons. The molecule has 1 aromatic carbocycles. The normalized spacial score (nSPS) is 30.1. The van der Waals surface area contributed by atoms with Crippen LogP contribution in [0.5, 0.6) is 0 Å². The minimum absolute atomic E-state index is 0.0861. The van der Waals surface area contributed by atoms with E-state index < -0.39 is 0 Å². The van der Waals surface area contributed by atoms with E-state index >= 15 is 0 Å². The van der Waals surface area contributed by atoms with Crippen molar-refractivity contribution >= 4 is 23.4 Å². The molecule has 2 aliphatic carbocycles. The van der Waals surface area contributed by atoms with Crippen LogP contribution in [0.15, 0.2) is 42.5 Å². The van der Waals surface area contributed by atoms with Crippen molar-refractivity contribution < 1.29 is 14.4 Å². The lowest BCUT2D eigenvalue weighted by Gasteiger charge is -2.20. The Labute approximate surface area is 140 Å². The first-order valence-corrected chi connectivity index (χ1v) is 8.43. The van der Waals surface area contributed by atoms with Crippen molar-refractivity contribution in [3.63, 3.8) is 0 Å². The third-order valence-electron chi connectivity index (χ3n) is 5.63. The maximum Gasteiger partial charge on any atom is 0.233 e. The van der Waals surface area contributed by atoms with Crippen LogP contribution in [0.2, 0.25) is 0 Å². The number of hydrogen-bond donors (Lipinski definition) is 0. The first-order valence-electron chi connectivity index (χ1n) is 8.43. The van der Waals surface area contributed by atoms with E-state index in [1.165, 1.54) is 4.90 Å². The molecule has 5 nitrogen and oxygen atoms in total. The minimum atomic E-state index is -0.186. The first-order chi connectivity index (χ1) is 11.6. The molecule has 3 amide bonds. The Hall–Kier alpha value is -2.43. The van der Waals surface area contributed by atoms with Gasteiger partial charge < -0.3 is 4.90 Å².